The summed E-state index contributed by atoms with van der Waals surface area (Å²) in [5.41, 5.74) is 1.39. The number of imidazole rings is 1. The van der Waals surface area contributed by atoms with E-state index in [-0.39, 0.29) is 11.8 Å². The largest absolute Gasteiger partial charge is 0.481 e. The zero-order chi connectivity index (χ0) is 12.3. The smallest absolute Gasteiger partial charge is 0.303 e. The Bertz CT molecular complexity index is 392. The molecule has 4 nitrogen and oxygen atoms in total. The van der Waals surface area contributed by atoms with Crippen molar-refractivity contribution in [1.82, 2.24) is 9.97 Å². The molecule has 0 radical (unpaired) electrons. The summed E-state index contributed by atoms with van der Waals surface area (Å²) in [7, 11) is 0. The number of nitrogens with zero attached hydrogens (tertiary/aromatic N) is 1. The van der Waals surface area contributed by atoms with Gasteiger partial charge in [-0.2, -0.15) is 0 Å². The van der Waals surface area contributed by atoms with E-state index in [2.05, 4.69) is 16.9 Å². The SMILES string of the molecule is CC1(c2cnc(CCC(=O)O)[nH]2)CCCCC1. The molecule has 2 N–H and O–H groups in total. The molecule has 1 saturated carbocycles. The van der Waals surface area contributed by atoms with Crippen LogP contribution < -0.4 is 0 Å². The molecule has 1 aliphatic carbocycles. The number of aryl methyl sites for hydroxylation is 1. The second kappa shape index (κ2) is 4.90. The predicted molar refractivity (Wildman–Crippen MR) is 65.0 cm³/mol. The van der Waals surface area contributed by atoms with Crippen molar-refractivity contribution in [2.45, 2.75) is 57.3 Å². The molecule has 0 saturated heterocycles. The van der Waals surface area contributed by atoms with Gasteiger partial charge in [-0.05, 0) is 12.8 Å². The van der Waals surface area contributed by atoms with Crippen molar-refractivity contribution in [3.05, 3.63) is 17.7 Å². The molecule has 4 heteroatoms. The molecule has 1 aromatic rings. The lowest BCUT2D eigenvalue weighted by Crippen LogP contribution is -2.25. The van der Waals surface area contributed by atoms with Gasteiger partial charge in [0.25, 0.3) is 0 Å². The molecule has 0 atom stereocenters. The average molecular weight is 236 g/mol. The number of H-pyrrole nitrogens is 1. The van der Waals surface area contributed by atoms with Crippen molar-refractivity contribution < 1.29 is 9.90 Å². The highest BCUT2D eigenvalue weighted by Crippen LogP contribution is 2.37. The van der Waals surface area contributed by atoms with Gasteiger partial charge in [-0.15, -0.1) is 0 Å². The van der Waals surface area contributed by atoms with Gasteiger partial charge in [-0.3, -0.25) is 4.79 Å². The first-order valence-electron chi connectivity index (χ1n) is 6.36. The van der Waals surface area contributed by atoms with Crippen LogP contribution >= 0.6 is 0 Å². The number of rotatable bonds is 4. The molecule has 0 amide bonds. The van der Waals surface area contributed by atoms with Crippen LogP contribution in [-0.4, -0.2) is 21.0 Å². The van der Waals surface area contributed by atoms with Crippen molar-refractivity contribution in [3.63, 3.8) is 0 Å². The highest BCUT2D eigenvalue weighted by atomic mass is 16.4. The second-order valence-electron chi connectivity index (χ2n) is 5.26. The zero-order valence-electron chi connectivity index (χ0n) is 10.3. The molecule has 17 heavy (non-hydrogen) atoms. The Labute approximate surface area is 101 Å². The van der Waals surface area contributed by atoms with Crippen molar-refractivity contribution >= 4 is 5.97 Å². The van der Waals surface area contributed by atoms with Crippen molar-refractivity contribution in [3.8, 4) is 0 Å². The minimum Gasteiger partial charge on any atom is -0.481 e. The molecule has 0 spiro atoms. The first-order valence-corrected chi connectivity index (χ1v) is 6.36. The molecule has 1 aromatic heterocycles. The molecular formula is C13H20N2O2. The fraction of sp³-hybridized carbons (Fsp3) is 0.692. The predicted octanol–water partition coefficient (Wildman–Crippen LogP) is 2.65. The highest BCUT2D eigenvalue weighted by molar-refractivity contribution is 5.66. The summed E-state index contributed by atoms with van der Waals surface area (Å²) in [5.74, 6) is 0.0287. The summed E-state index contributed by atoms with van der Waals surface area (Å²) in [6.45, 7) is 2.28. The zero-order valence-corrected chi connectivity index (χ0v) is 10.3. The number of carboxylic acids is 1. The number of carbonyl (C=O) groups is 1. The minimum absolute atomic E-state index is 0.143. The third-order valence-corrected chi connectivity index (χ3v) is 3.81. The van der Waals surface area contributed by atoms with Gasteiger partial charge in [0.05, 0.1) is 6.42 Å². The lowest BCUT2D eigenvalue weighted by molar-refractivity contribution is -0.137. The van der Waals surface area contributed by atoms with Crippen molar-refractivity contribution in [1.29, 1.82) is 0 Å². The average Bonchev–Trinajstić information content (AvgIpc) is 2.76. The summed E-state index contributed by atoms with van der Waals surface area (Å²) >= 11 is 0. The van der Waals surface area contributed by atoms with Crippen molar-refractivity contribution in [2.75, 3.05) is 0 Å². The summed E-state index contributed by atoms with van der Waals surface area (Å²) < 4.78 is 0. The van der Waals surface area contributed by atoms with Crippen LogP contribution in [0.1, 0.15) is 57.0 Å². The quantitative estimate of drug-likeness (QED) is 0.844. The molecular weight excluding hydrogens is 216 g/mol. The summed E-state index contributed by atoms with van der Waals surface area (Å²) in [6, 6.07) is 0. The lowest BCUT2D eigenvalue weighted by Gasteiger charge is -2.32. The molecule has 0 unspecified atom stereocenters. The molecule has 0 aliphatic heterocycles. The molecule has 2 rings (SSSR count). The summed E-state index contributed by atoms with van der Waals surface area (Å²) in [6.07, 6.45) is 8.81. The Morgan fingerprint density at radius 2 is 2.18 bits per heavy atom. The Morgan fingerprint density at radius 3 is 2.82 bits per heavy atom. The third kappa shape index (κ3) is 2.87. The third-order valence-electron chi connectivity index (χ3n) is 3.81. The van der Waals surface area contributed by atoms with E-state index in [4.69, 9.17) is 5.11 Å². The number of hydrogen-bond donors (Lipinski definition) is 2. The molecule has 1 heterocycles. The van der Waals surface area contributed by atoms with Crippen molar-refractivity contribution in [2.24, 2.45) is 0 Å². The molecule has 94 valence electrons. The monoisotopic (exact) mass is 236 g/mol. The summed E-state index contributed by atoms with van der Waals surface area (Å²) in [4.78, 5) is 18.1. The lowest BCUT2D eigenvalue weighted by atomic mass is 9.74. The highest BCUT2D eigenvalue weighted by Gasteiger charge is 2.30. The van der Waals surface area contributed by atoms with Crippen LogP contribution in [0.5, 0.6) is 0 Å². The number of nitrogens with one attached hydrogen (secondary N) is 1. The van der Waals surface area contributed by atoms with E-state index in [1.807, 2.05) is 6.20 Å². The first-order chi connectivity index (χ1) is 8.10. The number of hydrogen-bond acceptors (Lipinski definition) is 2. The van der Waals surface area contributed by atoms with E-state index in [1.54, 1.807) is 0 Å². The fourth-order valence-corrected chi connectivity index (χ4v) is 2.62. The maximum atomic E-state index is 10.5. The van der Waals surface area contributed by atoms with Gasteiger partial charge in [-0.1, -0.05) is 26.2 Å². The van der Waals surface area contributed by atoms with Crippen LogP contribution in [-0.2, 0) is 16.6 Å². The topological polar surface area (TPSA) is 66.0 Å². The van der Waals surface area contributed by atoms with E-state index in [1.165, 1.54) is 37.8 Å². The van der Waals surface area contributed by atoms with Gasteiger partial charge in [0, 0.05) is 23.7 Å². The van der Waals surface area contributed by atoms with Crippen LogP contribution in [0.15, 0.2) is 6.20 Å². The van der Waals surface area contributed by atoms with Crippen LogP contribution in [0, 0.1) is 0 Å². The van der Waals surface area contributed by atoms with Gasteiger partial charge in [0.1, 0.15) is 5.82 Å². The number of aromatic amines is 1. The Morgan fingerprint density at radius 1 is 1.47 bits per heavy atom. The second-order valence-corrected chi connectivity index (χ2v) is 5.26. The maximum Gasteiger partial charge on any atom is 0.303 e. The van der Waals surface area contributed by atoms with E-state index in [0.717, 1.165) is 5.82 Å². The normalized spacial score (nSPS) is 19.1. The number of aromatic nitrogens is 2. The Kier molecular flexibility index (Phi) is 3.50. The van der Waals surface area contributed by atoms with Crippen LogP contribution in [0.25, 0.3) is 0 Å². The maximum absolute atomic E-state index is 10.5. The number of carboxylic acid groups (broad SMARTS) is 1. The first kappa shape index (κ1) is 12.1. The summed E-state index contributed by atoms with van der Waals surface area (Å²) in [5, 5.41) is 8.64. The Hall–Kier alpha value is -1.32. The van der Waals surface area contributed by atoms with Gasteiger partial charge in [0.15, 0.2) is 0 Å². The van der Waals surface area contributed by atoms with Gasteiger partial charge in [-0.25, -0.2) is 4.98 Å². The van der Waals surface area contributed by atoms with E-state index >= 15 is 0 Å². The van der Waals surface area contributed by atoms with E-state index in [0.29, 0.717) is 6.42 Å². The standard InChI is InChI=1S/C13H20N2O2/c1-13(7-3-2-4-8-13)10-9-14-11(15-10)5-6-12(16)17/h9H,2-8H2,1H3,(H,14,15)(H,16,17). The fourth-order valence-electron chi connectivity index (χ4n) is 2.62. The van der Waals surface area contributed by atoms with E-state index < -0.39 is 5.97 Å². The van der Waals surface area contributed by atoms with Crippen LogP contribution in [0.4, 0.5) is 0 Å². The molecule has 0 aromatic carbocycles. The van der Waals surface area contributed by atoms with E-state index in [9.17, 15) is 4.79 Å². The van der Waals surface area contributed by atoms with Gasteiger partial charge in [0.2, 0.25) is 0 Å². The number of aliphatic carboxylic acids is 1. The molecule has 1 aliphatic rings. The Balaban J connectivity index is 2.03. The molecule has 1 fully saturated rings. The van der Waals surface area contributed by atoms with Crippen LogP contribution in [0.3, 0.4) is 0 Å². The van der Waals surface area contributed by atoms with Crippen LogP contribution in [0.2, 0.25) is 0 Å². The van der Waals surface area contributed by atoms with Gasteiger partial charge >= 0.3 is 5.97 Å². The minimum atomic E-state index is -0.771. The van der Waals surface area contributed by atoms with Gasteiger partial charge < -0.3 is 10.1 Å². The molecule has 0 bridgehead atoms.